The van der Waals surface area contributed by atoms with Crippen molar-refractivity contribution in [2.24, 2.45) is 0 Å². The van der Waals surface area contributed by atoms with Crippen LogP contribution in [0.15, 0.2) is 42.5 Å². The van der Waals surface area contributed by atoms with Crippen LogP contribution < -0.4 is 10.6 Å². The van der Waals surface area contributed by atoms with E-state index in [9.17, 15) is 18.4 Å². The smallest absolute Gasteiger partial charge is 0.251 e. The van der Waals surface area contributed by atoms with Crippen molar-refractivity contribution in [1.82, 2.24) is 10.6 Å². The molecule has 2 rings (SSSR count). The van der Waals surface area contributed by atoms with Gasteiger partial charge in [-0.15, -0.1) is 0 Å². The average Bonchev–Trinajstić information content (AvgIpc) is 2.59. The van der Waals surface area contributed by atoms with Crippen molar-refractivity contribution in [1.29, 1.82) is 0 Å². The molecule has 2 aromatic rings. The van der Waals surface area contributed by atoms with Crippen LogP contribution >= 0.6 is 0 Å². The molecule has 6 heteroatoms. The number of halogens is 2. The van der Waals surface area contributed by atoms with Crippen LogP contribution in [-0.4, -0.2) is 24.9 Å². The Morgan fingerprint density at radius 3 is 2.48 bits per heavy atom. The standard InChI is InChI=1S/C19H20F2N2O2/c1-13-5-7-15(12-17(13)21)19(25)23-10-9-22-18(24)8-6-14-3-2-4-16(20)11-14/h2-5,7,11-12H,6,8-10H2,1H3,(H,22,24)(H,23,25). The van der Waals surface area contributed by atoms with Crippen molar-refractivity contribution in [3.63, 3.8) is 0 Å². The van der Waals surface area contributed by atoms with Gasteiger partial charge in [-0.05, 0) is 48.7 Å². The van der Waals surface area contributed by atoms with Crippen LogP contribution in [-0.2, 0) is 11.2 Å². The van der Waals surface area contributed by atoms with Gasteiger partial charge in [0.2, 0.25) is 5.91 Å². The quantitative estimate of drug-likeness (QED) is 0.758. The van der Waals surface area contributed by atoms with Gasteiger partial charge < -0.3 is 10.6 Å². The first kappa shape index (κ1) is 18.6. The zero-order valence-electron chi connectivity index (χ0n) is 13.9. The molecule has 2 amide bonds. The molecule has 132 valence electrons. The normalized spacial score (nSPS) is 10.4. The molecule has 0 aromatic heterocycles. The number of aryl methyl sites for hydroxylation is 2. The summed E-state index contributed by atoms with van der Waals surface area (Å²) in [4.78, 5) is 23.6. The highest BCUT2D eigenvalue weighted by molar-refractivity contribution is 5.94. The Balaban J connectivity index is 1.67. The van der Waals surface area contributed by atoms with Crippen LogP contribution in [0.2, 0.25) is 0 Å². The van der Waals surface area contributed by atoms with E-state index >= 15 is 0 Å². The Bertz CT molecular complexity index is 763. The molecule has 0 spiro atoms. The summed E-state index contributed by atoms with van der Waals surface area (Å²) in [6, 6.07) is 10.4. The van der Waals surface area contributed by atoms with E-state index in [4.69, 9.17) is 0 Å². The predicted molar refractivity (Wildman–Crippen MR) is 91.2 cm³/mol. The summed E-state index contributed by atoms with van der Waals surface area (Å²) < 4.78 is 26.5. The van der Waals surface area contributed by atoms with Gasteiger partial charge in [-0.25, -0.2) is 8.78 Å². The zero-order valence-corrected chi connectivity index (χ0v) is 13.9. The Morgan fingerprint density at radius 2 is 1.76 bits per heavy atom. The molecule has 0 bridgehead atoms. The van der Waals surface area contributed by atoms with E-state index in [-0.39, 0.29) is 36.8 Å². The van der Waals surface area contributed by atoms with Gasteiger partial charge >= 0.3 is 0 Å². The molecule has 0 fully saturated rings. The lowest BCUT2D eigenvalue weighted by atomic mass is 10.1. The van der Waals surface area contributed by atoms with E-state index in [0.717, 1.165) is 5.56 Å². The van der Waals surface area contributed by atoms with E-state index in [1.165, 1.54) is 18.2 Å². The Labute approximate surface area is 145 Å². The predicted octanol–water partition coefficient (Wildman–Crippen LogP) is 2.75. The highest BCUT2D eigenvalue weighted by atomic mass is 19.1. The van der Waals surface area contributed by atoms with Crippen LogP contribution in [0, 0.1) is 18.6 Å². The molecular formula is C19H20F2N2O2. The van der Waals surface area contributed by atoms with E-state index in [1.54, 1.807) is 31.2 Å². The maximum Gasteiger partial charge on any atom is 0.251 e. The molecule has 0 aliphatic heterocycles. The largest absolute Gasteiger partial charge is 0.354 e. The first-order valence-electron chi connectivity index (χ1n) is 8.01. The molecule has 0 radical (unpaired) electrons. The molecule has 0 aliphatic carbocycles. The summed E-state index contributed by atoms with van der Waals surface area (Å²) >= 11 is 0. The Morgan fingerprint density at radius 1 is 1.00 bits per heavy atom. The van der Waals surface area contributed by atoms with Gasteiger partial charge in [-0.1, -0.05) is 18.2 Å². The highest BCUT2D eigenvalue weighted by Gasteiger charge is 2.08. The van der Waals surface area contributed by atoms with Gasteiger partial charge in [-0.3, -0.25) is 9.59 Å². The minimum Gasteiger partial charge on any atom is -0.354 e. The number of amides is 2. The molecule has 0 heterocycles. The maximum absolute atomic E-state index is 13.4. The lowest BCUT2D eigenvalue weighted by Gasteiger charge is -2.08. The Kier molecular flexibility index (Phi) is 6.62. The minimum absolute atomic E-state index is 0.181. The summed E-state index contributed by atoms with van der Waals surface area (Å²) in [7, 11) is 0. The van der Waals surface area contributed by atoms with E-state index in [2.05, 4.69) is 10.6 Å². The van der Waals surface area contributed by atoms with Crippen molar-refractivity contribution in [3.05, 3.63) is 70.8 Å². The molecule has 25 heavy (non-hydrogen) atoms. The number of nitrogens with one attached hydrogen (secondary N) is 2. The van der Waals surface area contributed by atoms with Crippen molar-refractivity contribution in [2.45, 2.75) is 19.8 Å². The van der Waals surface area contributed by atoms with Crippen LogP contribution in [0.1, 0.15) is 27.9 Å². The van der Waals surface area contributed by atoms with Gasteiger partial charge in [0.05, 0.1) is 0 Å². The second kappa shape index (κ2) is 8.92. The number of hydrogen-bond acceptors (Lipinski definition) is 2. The summed E-state index contributed by atoms with van der Waals surface area (Å²) in [5.74, 6) is -1.33. The molecule has 0 saturated carbocycles. The van der Waals surface area contributed by atoms with Crippen molar-refractivity contribution in [2.75, 3.05) is 13.1 Å². The van der Waals surface area contributed by atoms with E-state index in [0.29, 0.717) is 12.0 Å². The lowest BCUT2D eigenvalue weighted by molar-refractivity contribution is -0.121. The van der Waals surface area contributed by atoms with Crippen molar-refractivity contribution in [3.8, 4) is 0 Å². The monoisotopic (exact) mass is 346 g/mol. The first-order valence-corrected chi connectivity index (χ1v) is 8.01. The van der Waals surface area contributed by atoms with E-state index in [1.807, 2.05) is 0 Å². The highest BCUT2D eigenvalue weighted by Crippen LogP contribution is 2.09. The van der Waals surface area contributed by atoms with Gasteiger partial charge in [0, 0.05) is 25.1 Å². The number of benzene rings is 2. The molecule has 0 saturated heterocycles. The molecule has 0 aliphatic rings. The molecule has 4 nitrogen and oxygen atoms in total. The summed E-state index contributed by atoms with van der Waals surface area (Å²) in [6.45, 7) is 2.12. The third-order valence-corrected chi connectivity index (χ3v) is 3.70. The number of hydrogen-bond donors (Lipinski definition) is 2. The average molecular weight is 346 g/mol. The van der Waals surface area contributed by atoms with Gasteiger partial charge in [0.15, 0.2) is 0 Å². The number of carbonyl (C=O) groups excluding carboxylic acids is 2. The number of rotatable bonds is 7. The molecular weight excluding hydrogens is 326 g/mol. The summed E-state index contributed by atoms with van der Waals surface area (Å²) in [6.07, 6.45) is 0.680. The fraction of sp³-hybridized carbons (Fsp3) is 0.263. The molecule has 0 atom stereocenters. The second-order valence-electron chi connectivity index (χ2n) is 5.70. The van der Waals surface area contributed by atoms with Crippen molar-refractivity contribution < 1.29 is 18.4 Å². The van der Waals surface area contributed by atoms with Crippen LogP contribution in [0.3, 0.4) is 0 Å². The van der Waals surface area contributed by atoms with Gasteiger partial charge in [0.1, 0.15) is 11.6 Å². The van der Waals surface area contributed by atoms with Crippen LogP contribution in [0.4, 0.5) is 8.78 Å². The number of carbonyl (C=O) groups is 2. The third-order valence-electron chi connectivity index (χ3n) is 3.70. The molecule has 2 N–H and O–H groups in total. The molecule has 0 unspecified atom stereocenters. The third kappa shape index (κ3) is 5.99. The van der Waals surface area contributed by atoms with Gasteiger partial charge in [0.25, 0.3) is 5.91 Å². The minimum atomic E-state index is -0.432. The van der Waals surface area contributed by atoms with Gasteiger partial charge in [-0.2, -0.15) is 0 Å². The topological polar surface area (TPSA) is 58.2 Å². The Hall–Kier alpha value is -2.76. The fourth-order valence-corrected chi connectivity index (χ4v) is 2.25. The SMILES string of the molecule is Cc1ccc(C(=O)NCCNC(=O)CCc2cccc(F)c2)cc1F. The fourth-order valence-electron chi connectivity index (χ4n) is 2.25. The van der Waals surface area contributed by atoms with Crippen molar-refractivity contribution >= 4 is 11.8 Å². The first-order chi connectivity index (χ1) is 12.0. The second-order valence-corrected chi connectivity index (χ2v) is 5.70. The maximum atomic E-state index is 13.4. The summed E-state index contributed by atoms with van der Waals surface area (Å²) in [5.41, 5.74) is 1.47. The summed E-state index contributed by atoms with van der Waals surface area (Å²) in [5, 5.41) is 5.29. The molecule has 2 aromatic carbocycles. The van der Waals surface area contributed by atoms with Crippen LogP contribution in [0.5, 0.6) is 0 Å². The van der Waals surface area contributed by atoms with Crippen LogP contribution in [0.25, 0.3) is 0 Å². The zero-order chi connectivity index (χ0) is 18.2. The lowest BCUT2D eigenvalue weighted by Crippen LogP contribution is -2.34. The van der Waals surface area contributed by atoms with E-state index < -0.39 is 11.7 Å².